The van der Waals surface area contributed by atoms with Gasteiger partial charge in [-0.25, -0.2) is 9.37 Å². The summed E-state index contributed by atoms with van der Waals surface area (Å²) in [5.74, 6) is -0.581. The number of halogens is 1. The Morgan fingerprint density at radius 3 is 2.90 bits per heavy atom. The van der Waals surface area contributed by atoms with Gasteiger partial charge >= 0.3 is 0 Å². The molecule has 112 valence electrons. The Kier molecular flexibility index (Phi) is 4.52. The molecule has 2 aromatic heterocycles. The van der Waals surface area contributed by atoms with Crippen LogP contribution in [0.15, 0.2) is 18.5 Å². The lowest BCUT2D eigenvalue weighted by molar-refractivity contribution is 0.0951. The van der Waals surface area contributed by atoms with E-state index in [1.54, 1.807) is 11.7 Å². The summed E-state index contributed by atoms with van der Waals surface area (Å²) in [4.78, 5) is 16.0. The number of hydrogen-bond donors (Lipinski definition) is 2. The molecule has 0 aliphatic heterocycles. The monoisotopic (exact) mass is 291 g/mol. The molecule has 0 spiro atoms. The third kappa shape index (κ3) is 3.36. The van der Waals surface area contributed by atoms with Crippen molar-refractivity contribution in [1.82, 2.24) is 20.1 Å². The molecule has 0 unspecified atom stereocenters. The largest absolute Gasteiger partial charge is 0.372 e. The van der Waals surface area contributed by atoms with Crippen molar-refractivity contribution in [2.75, 3.05) is 12.4 Å². The van der Waals surface area contributed by atoms with Crippen LogP contribution in [0.3, 0.4) is 0 Å². The van der Waals surface area contributed by atoms with Crippen molar-refractivity contribution in [1.29, 1.82) is 0 Å². The Bertz CT molecular complexity index is 653. The fourth-order valence-electron chi connectivity index (χ4n) is 2.11. The summed E-state index contributed by atoms with van der Waals surface area (Å²) < 4.78 is 15.0. The first-order valence-electron chi connectivity index (χ1n) is 6.68. The highest BCUT2D eigenvalue weighted by molar-refractivity contribution is 5.98. The van der Waals surface area contributed by atoms with Crippen LogP contribution in [0.25, 0.3) is 0 Å². The minimum atomic E-state index is -0.547. The van der Waals surface area contributed by atoms with Crippen LogP contribution in [-0.4, -0.2) is 27.7 Å². The van der Waals surface area contributed by atoms with E-state index in [1.807, 2.05) is 20.2 Å². The van der Waals surface area contributed by atoms with Gasteiger partial charge in [-0.05, 0) is 12.5 Å². The highest BCUT2D eigenvalue weighted by Gasteiger charge is 2.14. The van der Waals surface area contributed by atoms with Crippen LogP contribution in [0.1, 0.15) is 28.5 Å². The second kappa shape index (κ2) is 6.34. The lowest BCUT2D eigenvalue weighted by Crippen LogP contribution is -2.24. The first-order chi connectivity index (χ1) is 10.0. The highest BCUT2D eigenvalue weighted by Crippen LogP contribution is 2.13. The molecule has 2 aromatic rings. The molecule has 21 heavy (non-hydrogen) atoms. The molecular weight excluding hydrogens is 273 g/mol. The average molecular weight is 291 g/mol. The van der Waals surface area contributed by atoms with Gasteiger partial charge in [-0.2, -0.15) is 5.10 Å². The molecule has 1 amide bonds. The fourth-order valence-corrected chi connectivity index (χ4v) is 2.11. The molecule has 6 nitrogen and oxygen atoms in total. The van der Waals surface area contributed by atoms with Gasteiger partial charge in [0, 0.05) is 32.4 Å². The summed E-state index contributed by atoms with van der Waals surface area (Å²) in [6, 6.07) is 1.16. The second-order valence-electron chi connectivity index (χ2n) is 4.61. The molecule has 2 N–H and O–H groups in total. The summed E-state index contributed by atoms with van der Waals surface area (Å²) in [5.41, 5.74) is 2.06. The molecule has 0 aromatic carbocycles. The Labute approximate surface area is 122 Å². The van der Waals surface area contributed by atoms with E-state index in [-0.39, 0.29) is 11.5 Å². The van der Waals surface area contributed by atoms with Gasteiger partial charge in [-0.15, -0.1) is 0 Å². The number of carbonyl (C=O) groups excluding carboxylic acids is 1. The van der Waals surface area contributed by atoms with Crippen molar-refractivity contribution in [2.24, 2.45) is 7.05 Å². The van der Waals surface area contributed by atoms with Gasteiger partial charge < -0.3 is 10.6 Å². The van der Waals surface area contributed by atoms with Gasteiger partial charge in [0.15, 0.2) is 0 Å². The molecule has 0 aliphatic carbocycles. The minimum absolute atomic E-state index is 0.180. The van der Waals surface area contributed by atoms with Crippen molar-refractivity contribution >= 4 is 11.7 Å². The van der Waals surface area contributed by atoms with Crippen LogP contribution in [0.5, 0.6) is 0 Å². The van der Waals surface area contributed by atoms with E-state index >= 15 is 0 Å². The Morgan fingerprint density at radius 1 is 1.48 bits per heavy atom. The number of rotatable bonds is 5. The van der Waals surface area contributed by atoms with Gasteiger partial charge in [0.05, 0.1) is 17.5 Å². The lowest BCUT2D eigenvalue weighted by atomic mass is 10.2. The van der Waals surface area contributed by atoms with E-state index in [4.69, 9.17) is 0 Å². The minimum Gasteiger partial charge on any atom is -0.372 e. The first-order valence-corrected chi connectivity index (χ1v) is 6.68. The molecule has 2 heterocycles. The summed E-state index contributed by atoms with van der Waals surface area (Å²) in [6.45, 7) is 2.35. The molecule has 0 saturated carbocycles. The SMILES string of the molecule is CCc1nn(C)cc1CNC(=O)c1cc(F)cnc1NC. The number of nitrogens with one attached hydrogen (secondary N) is 2. The number of nitrogens with zero attached hydrogens (tertiary/aromatic N) is 3. The van der Waals surface area contributed by atoms with Crippen LogP contribution >= 0.6 is 0 Å². The van der Waals surface area contributed by atoms with Crippen molar-refractivity contribution in [2.45, 2.75) is 19.9 Å². The zero-order valence-corrected chi connectivity index (χ0v) is 12.3. The molecule has 0 atom stereocenters. The number of aryl methyl sites for hydroxylation is 2. The quantitative estimate of drug-likeness (QED) is 0.875. The maximum absolute atomic E-state index is 13.2. The molecular formula is C14H18FN5O. The maximum atomic E-state index is 13.2. The van der Waals surface area contributed by atoms with Crippen molar-refractivity contribution in [3.05, 3.63) is 41.1 Å². The van der Waals surface area contributed by atoms with Crippen LogP contribution < -0.4 is 10.6 Å². The molecule has 0 fully saturated rings. The number of amides is 1. The van der Waals surface area contributed by atoms with Gasteiger partial charge in [0.2, 0.25) is 0 Å². The summed E-state index contributed by atoms with van der Waals surface area (Å²) in [5, 5.41) is 9.85. The van der Waals surface area contributed by atoms with Crippen LogP contribution in [0.2, 0.25) is 0 Å². The Hall–Kier alpha value is -2.44. The normalized spacial score (nSPS) is 10.5. The van der Waals surface area contributed by atoms with Gasteiger partial charge in [-0.1, -0.05) is 6.92 Å². The zero-order valence-electron chi connectivity index (χ0n) is 12.3. The van der Waals surface area contributed by atoms with E-state index < -0.39 is 5.82 Å². The van der Waals surface area contributed by atoms with E-state index in [9.17, 15) is 9.18 Å². The van der Waals surface area contributed by atoms with Gasteiger partial charge in [0.25, 0.3) is 5.91 Å². The van der Waals surface area contributed by atoms with E-state index in [2.05, 4.69) is 20.7 Å². The molecule has 0 saturated heterocycles. The highest BCUT2D eigenvalue weighted by atomic mass is 19.1. The average Bonchev–Trinajstić information content (AvgIpc) is 2.84. The molecule has 7 heteroatoms. The predicted molar refractivity (Wildman–Crippen MR) is 77.5 cm³/mol. The topological polar surface area (TPSA) is 71.8 Å². The Balaban J connectivity index is 2.13. The predicted octanol–water partition coefficient (Wildman–Crippen LogP) is 1.49. The third-order valence-electron chi connectivity index (χ3n) is 3.10. The van der Waals surface area contributed by atoms with Crippen molar-refractivity contribution in [3.8, 4) is 0 Å². The summed E-state index contributed by atoms with van der Waals surface area (Å²) in [7, 11) is 3.47. The van der Waals surface area contributed by atoms with Crippen molar-refractivity contribution < 1.29 is 9.18 Å². The van der Waals surface area contributed by atoms with Crippen LogP contribution in [0, 0.1) is 5.82 Å². The molecule has 0 radical (unpaired) electrons. The third-order valence-corrected chi connectivity index (χ3v) is 3.10. The smallest absolute Gasteiger partial charge is 0.255 e. The van der Waals surface area contributed by atoms with E-state index in [0.717, 1.165) is 29.9 Å². The zero-order chi connectivity index (χ0) is 15.4. The van der Waals surface area contributed by atoms with Crippen LogP contribution in [-0.2, 0) is 20.0 Å². The fraction of sp³-hybridized carbons (Fsp3) is 0.357. The summed E-state index contributed by atoms with van der Waals surface area (Å²) >= 11 is 0. The number of anilines is 1. The van der Waals surface area contributed by atoms with Crippen LogP contribution in [0.4, 0.5) is 10.2 Å². The molecule has 0 bridgehead atoms. The first kappa shape index (κ1) is 15.0. The lowest BCUT2D eigenvalue weighted by Gasteiger charge is -2.09. The number of hydrogen-bond acceptors (Lipinski definition) is 4. The Morgan fingerprint density at radius 2 is 2.24 bits per heavy atom. The van der Waals surface area contributed by atoms with E-state index in [1.165, 1.54) is 0 Å². The molecule has 0 aliphatic rings. The van der Waals surface area contributed by atoms with Gasteiger partial charge in [0.1, 0.15) is 11.6 Å². The number of aromatic nitrogens is 3. The summed E-state index contributed by atoms with van der Waals surface area (Å²) in [6.07, 6.45) is 3.72. The number of carbonyl (C=O) groups is 1. The maximum Gasteiger partial charge on any atom is 0.255 e. The molecule has 2 rings (SSSR count). The van der Waals surface area contributed by atoms with Crippen molar-refractivity contribution in [3.63, 3.8) is 0 Å². The van der Waals surface area contributed by atoms with E-state index in [0.29, 0.717) is 12.4 Å². The second-order valence-corrected chi connectivity index (χ2v) is 4.61. The van der Waals surface area contributed by atoms with Gasteiger partial charge in [-0.3, -0.25) is 9.48 Å². The standard InChI is InChI=1S/C14H18FN5O/c1-4-12-9(8-20(3)19-12)6-18-14(21)11-5-10(15)7-17-13(11)16-2/h5,7-8H,4,6H2,1-3H3,(H,16,17)(H,18,21). The number of pyridine rings is 1.